The molecule has 0 spiro atoms. The number of Topliss-reactive ketones (excluding diaryl/α,β-unsaturated/α-hetero) is 1. The van der Waals surface area contributed by atoms with Crippen LogP contribution in [0.1, 0.15) is 21.5 Å². The predicted octanol–water partition coefficient (Wildman–Crippen LogP) is 4.89. The molecule has 0 aliphatic rings. The second-order valence-corrected chi connectivity index (χ2v) is 8.25. The van der Waals surface area contributed by atoms with Crippen molar-refractivity contribution in [1.82, 2.24) is 10.2 Å². The third kappa shape index (κ3) is 4.63. The molecule has 28 heavy (non-hydrogen) atoms. The Morgan fingerprint density at radius 3 is 2.46 bits per heavy atom. The minimum atomic E-state index is -0.00888. The molecule has 6 nitrogen and oxygen atoms in total. The summed E-state index contributed by atoms with van der Waals surface area (Å²) in [7, 11) is 3.11. The van der Waals surface area contributed by atoms with E-state index in [2.05, 4.69) is 15.5 Å². The number of methoxy groups -OCH3 is 2. The second-order valence-electron chi connectivity index (χ2n) is 6.05. The number of thioether (sulfide) groups is 1. The lowest BCUT2D eigenvalue weighted by Crippen LogP contribution is -2.03. The van der Waals surface area contributed by atoms with Crippen LogP contribution in [0.25, 0.3) is 0 Å². The van der Waals surface area contributed by atoms with Gasteiger partial charge in [0.15, 0.2) is 21.6 Å². The lowest BCUT2D eigenvalue weighted by atomic mass is 10.1. The van der Waals surface area contributed by atoms with Gasteiger partial charge in [0, 0.05) is 11.3 Å². The van der Waals surface area contributed by atoms with Crippen LogP contribution in [-0.4, -0.2) is 36.0 Å². The summed E-state index contributed by atoms with van der Waals surface area (Å²) in [6, 6.07) is 11.3. The molecule has 0 saturated carbocycles. The standard InChI is InChI=1S/C20H21N3O3S2/c1-12-6-5-7-13(2)18(12)21-19-22-23-20(28-19)27-11-15(24)14-8-9-16(25-3)17(10-14)26-4/h5-10H,11H2,1-4H3,(H,21,22). The highest BCUT2D eigenvalue weighted by molar-refractivity contribution is 8.01. The Morgan fingerprint density at radius 2 is 1.79 bits per heavy atom. The summed E-state index contributed by atoms with van der Waals surface area (Å²) < 4.78 is 11.2. The van der Waals surface area contributed by atoms with Gasteiger partial charge in [-0.25, -0.2) is 0 Å². The average Bonchev–Trinajstić information content (AvgIpc) is 3.16. The Hall–Kier alpha value is -2.58. The fraction of sp³-hybridized carbons (Fsp3) is 0.250. The van der Waals surface area contributed by atoms with Crippen LogP contribution in [0.5, 0.6) is 11.5 Å². The zero-order chi connectivity index (χ0) is 20.1. The number of ether oxygens (including phenoxy) is 2. The van der Waals surface area contributed by atoms with Gasteiger partial charge in [0.25, 0.3) is 0 Å². The van der Waals surface area contributed by atoms with Crippen molar-refractivity contribution < 1.29 is 14.3 Å². The minimum Gasteiger partial charge on any atom is -0.493 e. The quantitative estimate of drug-likeness (QED) is 0.415. The maximum atomic E-state index is 12.5. The van der Waals surface area contributed by atoms with Crippen LogP contribution in [0.2, 0.25) is 0 Å². The summed E-state index contributed by atoms with van der Waals surface area (Å²) in [6.07, 6.45) is 0. The molecular formula is C20H21N3O3S2. The molecule has 0 amide bonds. The Labute approximate surface area is 172 Å². The van der Waals surface area contributed by atoms with Crippen LogP contribution in [0, 0.1) is 13.8 Å². The maximum absolute atomic E-state index is 12.5. The molecule has 8 heteroatoms. The number of benzene rings is 2. The summed E-state index contributed by atoms with van der Waals surface area (Å²) in [5, 5.41) is 12.4. The molecule has 0 saturated heterocycles. The molecule has 3 rings (SSSR count). The molecular weight excluding hydrogens is 394 g/mol. The molecule has 1 N–H and O–H groups in total. The van der Waals surface area contributed by atoms with E-state index in [1.54, 1.807) is 32.4 Å². The first-order valence-electron chi connectivity index (χ1n) is 8.56. The van der Waals surface area contributed by atoms with Crippen LogP contribution >= 0.6 is 23.1 Å². The van der Waals surface area contributed by atoms with Gasteiger partial charge in [0.2, 0.25) is 5.13 Å². The second kappa shape index (κ2) is 9.07. The number of hydrogen-bond acceptors (Lipinski definition) is 8. The van der Waals surface area contributed by atoms with Crippen LogP contribution in [0.15, 0.2) is 40.7 Å². The van der Waals surface area contributed by atoms with Gasteiger partial charge in [-0.05, 0) is 43.2 Å². The first-order valence-corrected chi connectivity index (χ1v) is 10.4. The first-order chi connectivity index (χ1) is 13.5. The number of para-hydroxylation sites is 1. The van der Waals surface area contributed by atoms with E-state index in [1.165, 1.54) is 23.1 Å². The largest absolute Gasteiger partial charge is 0.493 e. The van der Waals surface area contributed by atoms with E-state index in [0.29, 0.717) is 22.2 Å². The van der Waals surface area contributed by atoms with E-state index in [-0.39, 0.29) is 11.5 Å². The SMILES string of the molecule is COc1ccc(C(=O)CSc2nnc(Nc3c(C)cccc3C)s2)cc1OC. The van der Waals surface area contributed by atoms with Crippen LogP contribution in [0.3, 0.4) is 0 Å². The molecule has 2 aromatic carbocycles. The number of aromatic nitrogens is 2. The van der Waals surface area contributed by atoms with Gasteiger partial charge in [-0.2, -0.15) is 0 Å². The summed E-state index contributed by atoms with van der Waals surface area (Å²) in [4.78, 5) is 12.5. The molecule has 1 aromatic heterocycles. The van der Waals surface area contributed by atoms with Crippen LogP contribution < -0.4 is 14.8 Å². The monoisotopic (exact) mass is 415 g/mol. The van der Waals surface area contributed by atoms with Crippen molar-refractivity contribution in [2.24, 2.45) is 0 Å². The highest BCUT2D eigenvalue weighted by atomic mass is 32.2. The number of anilines is 2. The fourth-order valence-corrected chi connectivity index (χ4v) is 4.31. The summed E-state index contributed by atoms with van der Waals surface area (Å²) in [6.45, 7) is 4.10. The molecule has 1 heterocycles. The van der Waals surface area contributed by atoms with Crippen molar-refractivity contribution in [3.8, 4) is 11.5 Å². The van der Waals surface area contributed by atoms with Crippen molar-refractivity contribution >= 4 is 39.7 Å². The van der Waals surface area contributed by atoms with Gasteiger partial charge >= 0.3 is 0 Å². The van der Waals surface area contributed by atoms with Gasteiger partial charge in [-0.15, -0.1) is 10.2 Å². The third-order valence-corrected chi connectivity index (χ3v) is 6.12. The molecule has 0 radical (unpaired) electrons. The summed E-state index contributed by atoms with van der Waals surface area (Å²) in [5.74, 6) is 1.39. The van der Waals surface area contributed by atoms with E-state index >= 15 is 0 Å². The number of carbonyl (C=O) groups is 1. The fourth-order valence-electron chi connectivity index (χ4n) is 2.66. The highest BCUT2D eigenvalue weighted by Gasteiger charge is 2.14. The topological polar surface area (TPSA) is 73.3 Å². The average molecular weight is 416 g/mol. The summed E-state index contributed by atoms with van der Waals surface area (Å²) in [5.41, 5.74) is 3.90. The van der Waals surface area contributed by atoms with Crippen molar-refractivity contribution in [3.05, 3.63) is 53.1 Å². The lowest BCUT2D eigenvalue weighted by molar-refractivity contribution is 0.102. The number of carbonyl (C=O) groups excluding carboxylic acids is 1. The maximum Gasteiger partial charge on any atom is 0.210 e. The molecule has 146 valence electrons. The smallest absolute Gasteiger partial charge is 0.210 e. The number of ketones is 1. The van der Waals surface area contributed by atoms with Crippen molar-refractivity contribution in [2.45, 2.75) is 18.2 Å². The normalized spacial score (nSPS) is 10.6. The first kappa shape index (κ1) is 20.2. The van der Waals surface area contributed by atoms with Crippen molar-refractivity contribution in [2.75, 3.05) is 25.3 Å². The van der Waals surface area contributed by atoms with E-state index < -0.39 is 0 Å². The summed E-state index contributed by atoms with van der Waals surface area (Å²) >= 11 is 2.80. The van der Waals surface area contributed by atoms with Crippen LogP contribution in [0.4, 0.5) is 10.8 Å². The molecule has 0 fully saturated rings. The Morgan fingerprint density at radius 1 is 1.07 bits per heavy atom. The Bertz CT molecular complexity index is 968. The highest BCUT2D eigenvalue weighted by Crippen LogP contribution is 2.32. The van der Waals surface area contributed by atoms with Gasteiger partial charge < -0.3 is 14.8 Å². The molecule has 3 aromatic rings. The van der Waals surface area contributed by atoms with Gasteiger partial charge in [0.1, 0.15) is 0 Å². The third-order valence-electron chi connectivity index (χ3n) is 4.15. The number of rotatable bonds is 8. The molecule has 0 bridgehead atoms. The van der Waals surface area contributed by atoms with Gasteiger partial charge in [-0.3, -0.25) is 4.79 Å². The number of aryl methyl sites for hydroxylation is 2. The van der Waals surface area contributed by atoms with E-state index in [9.17, 15) is 4.79 Å². The van der Waals surface area contributed by atoms with Crippen molar-refractivity contribution in [1.29, 1.82) is 0 Å². The lowest BCUT2D eigenvalue weighted by Gasteiger charge is -2.09. The number of nitrogens with one attached hydrogen (secondary N) is 1. The van der Waals surface area contributed by atoms with Crippen molar-refractivity contribution in [3.63, 3.8) is 0 Å². The molecule has 0 unspecified atom stereocenters. The van der Waals surface area contributed by atoms with Gasteiger partial charge in [0.05, 0.1) is 20.0 Å². The predicted molar refractivity (Wildman–Crippen MR) is 114 cm³/mol. The van der Waals surface area contributed by atoms with Gasteiger partial charge in [-0.1, -0.05) is 41.3 Å². The van der Waals surface area contributed by atoms with E-state index in [1.807, 2.05) is 32.0 Å². The number of nitrogens with zero attached hydrogens (tertiary/aromatic N) is 2. The molecule has 0 aliphatic carbocycles. The van der Waals surface area contributed by atoms with E-state index in [4.69, 9.17) is 9.47 Å². The number of hydrogen-bond donors (Lipinski definition) is 1. The van der Waals surface area contributed by atoms with E-state index in [0.717, 1.165) is 21.2 Å². The van der Waals surface area contributed by atoms with Crippen LogP contribution in [-0.2, 0) is 0 Å². The Kier molecular flexibility index (Phi) is 6.53. The Balaban J connectivity index is 1.63. The molecule has 0 atom stereocenters. The zero-order valence-electron chi connectivity index (χ0n) is 16.1. The minimum absolute atomic E-state index is 0.00888. The molecule has 0 aliphatic heterocycles. The zero-order valence-corrected chi connectivity index (χ0v) is 17.7.